The smallest absolute Gasteiger partial charge is 0.247 e. The third-order valence-electron chi connectivity index (χ3n) is 5.07. The zero-order valence-corrected chi connectivity index (χ0v) is 19.7. The maximum atomic E-state index is 14.3. The van der Waals surface area contributed by atoms with E-state index in [1.165, 1.54) is 24.3 Å². The Morgan fingerprint density at radius 2 is 1.73 bits per heavy atom. The summed E-state index contributed by atoms with van der Waals surface area (Å²) >= 11 is 18.0. The van der Waals surface area contributed by atoms with Crippen molar-refractivity contribution in [2.75, 3.05) is 19.7 Å². The summed E-state index contributed by atoms with van der Waals surface area (Å²) in [7, 11) is 0. The minimum Gasteiger partial charge on any atom is -0.491 e. The van der Waals surface area contributed by atoms with E-state index in [2.05, 4.69) is 0 Å². The Morgan fingerprint density at radius 3 is 2.39 bits per heavy atom. The summed E-state index contributed by atoms with van der Waals surface area (Å²) in [5.74, 6) is -3.08. The molecule has 2 aromatic rings. The number of piperidine rings is 1. The van der Waals surface area contributed by atoms with Gasteiger partial charge in [0.1, 0.15) is 11.5 Å². The fraction of sp³-hybridized carbons (Fsp3) is 0.348. The van der Waals surface area contributed by atoms with Gasteiger partial charge in [0.2, 0.25) is 5.91 Å². The average molecular weight is 514 g/mol. The standard InChI is InChI=1S/C23H20Cl3FN2O4/c24-14-4-5-20(16(25)10-14)33-22-12-21(17(26)11-18(22)27)32-9-6-19(30)15(13-28)23(31)29-7-2-1-3-8-29/h4-5,10-12,15H,1-3,6-9H2. The molecule has 3 rings (SSSR count). The normalized spacial score (nSPS) is 14.3. The van der Waals surface area contributed by atoms with E-state index in [9.17, 15) is 19.2 Å². The van der Waals surface area contributed by atoms with Gasteiger partial charge in [0.05, 0.1) is 22.7 Å². The molecule has 2 aromatic carbocycles. The minimum atomic E-state index is -1.37. The molecule has 0 aromatic heterocycles. The summed E-state index contributed by atoms with van der Waals surface area (Å²) < 4.78 is 25.4. The molecule has 0 spiro atoms. The van der Waals surface area contributed by atoms with Crippen molar-refractivity contribution in [1.29, 1.82) is 5.26 Å². The largest absolute Gasteiger partial charge is 0.491 e. The third-order valence-corrected chi connectivity index (χ3v) is 5.90. The summed E-state index contributed by atoms with van der Waals surface area (Å²) in [5.41, 5.74) is 0. The summed E-state index contributed by atoms with van der Waals surface area (Å²) in [4.78, 5) is 26.5. The monoisotopic (exact) mass is 512 g/mol. The van der Waals surface area contributed by atoms with E-state index in [4.69, 9.17) is 44.3 Å². The number of carbonyl (C=O) groups is 2. The van der Waals surface area contributed by atoms with Crippen molar-refractivity contribution in [1.82, 2.24) is 4.90 Å². The molecule has 1 atom stereocenters. The number of ether oxygens (including phenoxy) is 2. The molecule has 1 aliphatic rings. The van der Waals surface area contributed by atoms with Gasteiger partial charge in [0.15, 0.2) is 23.3 Å². The Kier molecular flexibility index (Phi) is 8.79. The Hall–Kier alpha value is -2.53. The number of ketones is 1. The van der Waals surface area contributed by atoms with Crippen molar-refractivity contribution >= 4 is 46.5 Å². The first-order valence-corrected chi connectivity index (χ1v) is 11.4. The Bertz CT molecular complexity index is 1080. The minimum absolute atomic E-state index is 0.0317. The van der Waals surface area contributed by atoms with E-state index in [0.717, 1.165) is 25.3 Å². The van der Waals surface area contributed by atoms with Crippen LogP contribution in [0.15, 0.2) is 30.3 Å². The number of hydrogen-bond donors (Lipinski definition) is 0. The second-order valence-corrected chi connectivity index (χ2v) is 8.65. The van der Waals surface area contributed by atoms with Gasteiger partial charge in [0.25, 0.3) is 0 Å². The van der Waals surface area contributed by atoms with Gasteiger partial charge < -0.3 is 14.4 Å². The van der Waals surface area contributed by atoms with Gasteiger partial charge in [-0.15, -0.1) is 0 Å². The highest BCUT2D eigenvalue weighted by molar-refractivity contribution is 6.35. The van der Waals surface area contributed by atoms with E-state index in [-0.39, 0.29) is 40.3 Å². The van der Waals surface area contributed by atoms with Crippen LogP contribution in [-0.2, 0) is 9.59 Å². The lowest BCUT2D eigenvalue weighted by Crippen LogP contribution is -2.42. The van der Waals surface area contributed by atoms with E-state index < -0.39 is 23.4 Å². The number of nitrogens with zero attached hydrogens (tertiary/aromatic N) is 2. The average Bonchev–Trinajstić information content (AvgIpc) is 2.79. The van der Waals surface area contributed by atoms with E-state index in [1.807, 2.05) is 0 Å². The molecule has 1 amide bonds. The molecule has 0 radical (unpaired) electrons. The van der Waals surface area contributed by atoms with Crippen LogP contribution in [0.5, 0.6) is 17.2 Å². The topological polar surface area (TPSA) is 79.6 Å². The number of halogens is 4. The molecule has 0 bridgehead atoms. The van der Waals surface area contributed by atoms with Crippen molar-refractivity contribution in [3.8, 4) is 23.3 Å². The first-order valence-electron chi connectivity index (χ1n) is 10.3. The third kappa shape index (κ3) is 6.50. The van der Waals surface area contributed by atoms with Crippen LogP contribution >= 0.6 is 34.8 Å². The first-order chi connectivity index (χ1) is 15.8. The van der Waals surface area contributed by atoms with Gasteiger partial charge in [0, 0.05) is 36.7 Å². The van der Waals surface area contributed by atoms with Crippen molar-refractivity contribution in [3.05, 3.63) is 51.2 Å². The SMILES string of the molecule is N#CC(C(=O)CCOc1cc(Oc2ccc(Cl)cc2Cl)c(F)cc1Cl)C(=O)N1CCCCC1. The van der Waals surface area contributed by atoms with Crippen molar-refractivity contribution in [2.24, 2.45) is 5.92 Å². The van der Waals surface area contributed by atoms with Crippen LogP contribution in [0.1, 0.15) is 25.7 Å². The Balaban J connectivity index is 1.63. The molecule has 1 unspecified atom stereocenters. The van der Waals surface area contributed by atoms with Crippen LogP contribution in [0.3, 0.4) is 0 Å². The number of likely N-dealkylation sites (tertiary alicyclic amines) is 1. The molecule has 1 aliphatic heterocycles. The van der Waals surface area contributed by atoms with E-state index in [0.29, 0.717) is 18.1 Å². The molecule has 10 heteroatoms. The maximum Gasteiger partial charge on any atom is 0.247 e. The van der Waals surface area contributed by atoms with Gasteiger partial charge in [-0.1, -0.05) is 34.8 Å². The molecule has 1 fully saturated rings. The number of Topliss-reactive ketones (excluding diaryl/α,β-unsaturated/α-hetero) is 1. The number of carbonyl (C=O) groups excluding carboxylic acids is 2. The fourth-order valence-corrected chi connectivity index (χ4v) is 4.00. The van der Waals surface area contributed by atoms with Gasteiger partial charge in [-0.3, -0.25) is 9.59 Å². The summed E-state index contributed by atoms with van der Waals surface area (Å²) in [6, 6.07) is 8.51. The molecule has 0 aliphatic carbocycles. The highest BCUT2D eigenvalue weighted by Crippen LogP contribution is 2.37. The van der Waals surface area contributed by atoms with Crippen LogP contribution in [0.25, 0.3) is 0 Å². The van der Waals surface area contributed by atoms with Crippen LogP contribution in [0, 0.1) is 23.1 Å². The van der Waals surface area contributed by atoms with Gasteiger partial charge in [-0.05, 0) is 37.5 Å². The molecular weight excluding hydrogens is 494 g/mol. The Labute approximate surface area is 205 Å². The zero-order valence-electron chi connectivity index (χ0n) is 17.5. The van der Waals surface area contributed by atoms with Gasteiger partial charge >= 0.3 is 0 Å². The summed E-state index contributed by atoms with van der Waals surface area (Å²) in [5, 5.41) is 9.90. The predicted octanol–water partition coefficient (Wildman–Crippen LogP) is 6.07. The maximum absolute atomic E-state index is 14.3. The number of benzene rings is 2. The lowest BCUT2D eigenvalue weighted by molar-refractivity contribution is -0.139. The summed E-state index contributed by atoms with van der Waals surface area (Å²) in [6.45, 7) is 0.940. The second-order valence-electron chi connectivity index (χ2n) is 7.40. The van der Waals surface area contributed by atoms with Crippen LogP contribution in [0.4, 0.5) is 4.39 Å². The van der Waals surface area contributed by atoms with Gasteiger partial charge in [-0.25, -0.2) is 4.39 Å². The molecule has 0 N–H and O–H groups in total. The lowest BCUT2D eigenvalue weighted by Gasteiger charge is -2.28. The summed E-state index contributed by atoms with van der Waals surface area (Å²) in [6.07, 6.45) is 2.55. The highest BCUT2D eigenvalue weighted by Gasteiger charge is 2.31. The first kappa shape index (κ1) is 25.1. The molecule has 6 nitrogen and oxygen atoms in total. The van der Waals surface area contributed by atoms with Crippen molar-refractivity contribution in [3.63, 3.8) is 0 Å². The quantitative estimate of drug-likeness (QED) is 0.400. The van der Waals surface area contributed by atoms with Crippen molar-refractivity contribution in [2.45, 2.75) is 25.7 Å². The number of rotatable bonds is 8. The van der Waals surface area contributed by atoms with Crippen LogP contribution in [0.2, 0.25) is 15.1 Å². The van der Waals surface area contributed by atoms with E-state index in [1.54, 1.807) is 11.0 Å². The van der Waals surface area contributed by atoms with Crippen LogP contribution < -0.4 is 9.47 Å². The molecule has 0 saturated carbocycles. The molecule has 33 heavy (non-hydrogen) atoms. The van der Waals surface area contributed by atoms with Gasteiger partial charge in [-0.2, -0.15) is 5.26 Å². The highest BCUT2D eigenvalue weighted by atomic mass is 35.5. The number of nitriles is 1. The second kappa shape index (κ2) is 11.6. The molecular formula is C23H20Cl3FN2O4. The van der Waals surface area contributed by atoms with Crippen molar-refractivity contribution < 1.29 is 23.5 Å². The van der Waals surface area contributed by atoms with E-state index >= 15 is 0 Å². The lowest BCUT2D eigenvalue weighted by atomic mass is 10.00. The molecule has 174 valence electrons. The van der Waals surface area contributed by atoms with Crippen LogP contribution in [-0.4, -0.2) is 36.3 Å². The number of amides is 1. The number of hydrogen-bond acceptors (Lipinski definition) is 5. The zero-order chi connectivity index (χ0) is 24.0. The fourth-order valence-electron chi connectivity index (χ4n) is 3.34. The molecule has 1 heterocycles. The Morgan fingerprint density at radius 1 is 1.03 bits per heavy atom. The predicted molar refractivity (Wildman–Crippen MR) is 123 cm³/mol. The molecule has 1 saturated heterocycles.